The van der Waals surface area contributed by atoms with Gasteiger partial charge in [-0.25, -0.2) is 0 Å². The molecular weight excluding hydrogens is 224 g/mol. The molecule has 0 spiro atoms. The Morgan fingerprint density at radius 2 is 2.06 bits per heavy atom. The van der Waals surface area contributed by atoms with Crippen LogP contribution >= 0.6 is 11.6 Å². The number of halogens is 1. The summed E-state index contributed by atoms with van der Waals surface area (Å²) in [5, 5.41) is 3.49. The number of benzene rings is 1. The van der Waals surface area contributed by atoms with Gasteiger partial charge in [0.2, 0.25) is 5.91 Å². The fraction of sp³-hybridized carbons (Fsp3) is 0.250. The summed E-state index contributed by atoms with van der Waals surface area (Å²) in [6, 6.07) is 7.57. The van der Waals surface area contributed by atoms with Crippen molar-refractivity contribution in [2.24, 2.45) is 5.73 Å². The van der Waals surface area contributed by atoms with E-state index in [-0.39, 0.29) is 18.0 Å². The average Bonchev–Trinajstić information content (AvgIpc) is 2.93. The molecule has 1 aromatic carbocycles. The third kappa shape index (κ3) is 3.08. The first-order chi connectivity index (χ1) is 7.65. The molecule has 1 aromatic rings. The predicted molar refractivity (Wildman–Crippen MR) is 65.0 cm³/mol. The molecule has 0 aromatic heterocycles. The smallest absolute Gasteiger partial charge is 0.244 e. The third-order valence-corrected chi connectivity index (χ3v) is 2.72. The van der Waals surface area contributed by atoms with Crippen molar-refractivity contribution in [1.82, 2.24) is 5.32 Å². The minimum Gasteiger partial charge on any atom is -0.348 e. The molecule has 2 unspecified atom stereocenters. The monoisotopic (exact) mass is 236 g/mol. The highest BCUT2D eigenvalue weighted by Crippen LogP contribution is 2.17. The maximum atomic E-state index is 11.4. The van der Waals surface area contributed by atoms with E-state index in [1.165, 1.54) is 6.08 Å². The van der Waals surface area contributed by atoms with Crippen molar-refractivity contribution in [3.05, 3.63) is 40.9 Å². The van der Waals surface area contributed by atoms with Gasteiger partial charge >= 0.3 is 0 Å². The molecule has 2 atom stereocenters. The van der Waals surface area contributed by atoms with Crippen molar-refractivity contribution in [1.29, 1.82) is 0 Å². The zero-order valence-electron chi connectivity index (χ0n) is 8.69. The molecule has 1 aliphatic rings. The lowest BCUT2D eigenvalue weighted by atomic mass is 10.2. The zero-order valence-corrected chi connectivity index (χ0v) is 9.45. The van der Waals surface area contributed by atoms with Gasteiger partial charge in [-0.15, -0.1) is 0 Å². The molecule has 3 N–H and O–H groups in total. The van der Waals surface area contributed by atoms with Gasteiger partial charge in [0.05, 0.1) is 0 Å². The van der Waals surface area contributed by atoms with Crippen LogP contribution in [0.25, 0.3) is 6.08 Å². The number of rotatable bonds is 3. The highest BCUT2D eigenvalue weighted by Gasteiger charge is 2.34. The molecular formula is C12H13ClN2O. The van der Waals surface area contributed by atoms with Gasteiger partial charge in [0.15, 0.2) is 0 Å². The molecule has 1 amide bonds. The molecule has 0 bridgehead atoms. The third-order valence-electron chi connectivity index (χ3n) is 2.46. The van der Waals surface area contributed by atoms with Crippen LogP contribution in [0, 0.1) is 0 Å². The average molecular weight is 237 g/mol. The zero-order chi connectivity index (χ0) is 11.5. The summed E-state index contributed by atoms with van der Waals surface area (Å²) in [4.78, 5) is 11.4. The lowest BCUT2D eigenvalue weighted by molar-refractivity contribution is -0.116. The number of hydrogen-bond donors (Lipinski definition) is 2. The van der Waals surface area contributed by atoms with E-state index >= 15 is 0 Å². The van der Waals surface area contributed by atoms with E-state index < -0.39 is 0 Å². The van der Waals surface area contributed by atoms with Crippen LogP contribution in [0.3, 0.4) is 0 Å². The standard InChI is InChI=1S/C12H13ClN2O/c13-9-4-1-8(2-5-9)3-6-12(16)15-11-7-10(11)14/h1-6,10-11H,7,14H2,(H,15,16)/b6-3+. The second kappa shape index (κ2) is 4.68. The Balaban J connectivity index is 1.88. The Hall–Kier alpha value is -1.32. The first kappa shape index (κ1) is 11.2. The largest absolute Gasteiger partial charge is 0.348 e. The van der Waals surface area contributed by atoms with E-state index in [0.29, 0.717) is 5.02 Å². The summed E-state index contributed by atoms with van der Waals surface area (Å²) in [6.45, 7) is 0. The fourth-order valence-electron chi connectivity index (χ4n) is 1.36. The summed E-state index contributed by atoms with van der Waals surface area (Å²) < 4.78 is 0. The molecule has 1 saturated carbocycles. The highest BCUT2D eigenvalue weighted by atomic mass is 35.5. The van der Waals surface area contributed by atoms with E-state index in [0.717, 1.165) is 12.0 Å². The SMILES string of the molecule is NC1CC1NC(=O)/C=C/c1ccc(Cl)cc1. The number of carbonyl (C=O) groups excluding carboxylic acids is 1. The Morgan fingerprint density at radius 3 is 2.62 bits per heavy atom. The van der Waals surface area contributed by atoms with Crippen LogP contribution in [-0.4, -0.2) is 18.0 Å². The summed E-state index contributed by atoms with van der Waals surface area (Å²) in [7, 11) is 0. The van der Waals surface area contributed by atoms with Crippen molar-refractivity contribution in [3.8, 4) is 0 Å². The van der Waals surface area contributed by atoms with E-state index in [9.17, 15) is 4.79 Å². The Morgan fingerprint density at radius 1 is 1.44 bits per heavy atom. The highest BCUT2D eigenvalue weighted by molar-refractivity contribution is 6.30. The summed E-state index contributed by atoms with van der Waals surface area (Å²) in [5.74, 6) is -0.104. The first-order valence-electron chi connectivity index (χ1n) is 5.15. The Labute approximate surface area is 99.3 Å². The predicted octanol–water partition coefficient (Wildman–Crippen LogP) is 1.57. The number of hydrogen-bond acceptors (Lipinski definition) is 2. The maximum Gasteiger partial charge on any atom is 0.244 e. The van der Waals surface area contributed by atoms with E-state index in [1.54, 1.807) is 18.2 Å². The van der Waals surface area contributed by atoms with Crippen LogP contribution in [0.4, 0.5) is 0 Å². The number of amides is 1. The van der Waals surface area contributed by atoms with Gasteiger partial charge in [0.1, 0.15) is 0 Å². The van der Waals surface area contributed by atoms with Crippen LogP contribution in [0.1, 0.15) is 12.0 Å². The van der Waals surface area contributed by atoms with Crippen molar-refractivity contribution in [2.75, 3.05) is 0 Å². The fourth-order valence-corrected chi connectivity index (χ4v) is 1.48. The molecule has 1 fully saturated rings. The molecule has 84 valence electrons. The number of nitrogens with one attached hydrogen (secondary N) is 1. The van der Waals surface area contributed by atoms with Crippen molar-refractivity contribution in [3.63, 3.8) is 0 Å². The van der Waals surface area contributed by atoms with Crippen LogP contribution in [0.15, 0.2) is 30.3 Å². The topological polar surface area (TPSA) is 55.1 Å². The van der Waals surface area contributed by atoms with Gasteiger partial charge in [-0.05, 0) is 30.2 Å². The Bertz CT molecular complexity index is 414. The van der Waals surface area contributed by atoms with E-state index in [4.69, 9.17) is 17.3 Å². The second-order valence-corrected chi connectivity index (χ2v) is 4.34. The minimum absolute atomic E-state index is 0.104. The summed E-state index contributed by atoms with van der Waals surface area (Å²) in [6.07, 6.45) is 4.13. The molecule has 2 rings (SSSR count). The lowest BCUT2D eigenvalue weighted by Gasteiger charge is -1.98. The van der Waals surface area contributed by atoms with Crippen molar-refractivity contribution >= 4 is 23.6 Å². The van der Waals surface area contributed by atoms with Gasteiger partial charge in [-0.1, -0.05) is 23.7 Å². The van der Waals surface area contributed by atoms with Crippen LogP contribution in [0.5, 0.6) is 0 Å². The second-order valence-electron chi connectivity index (χ2n) is 3.90. The van der Waals surface area contributed by atoms with Crippen LogP contribution in [-0.2, 0) is 4.79 Å². The molecule has 0 saturated heterocycles. The van der Waals surface area contributed by atoms with Gasteiger partial charge < -0.3 is 11.1 Å². The maximum absolute atomic E-state index is 11.4. The van der Waals surface area contributed by atoms with Gasteiger partial charge in [0.25, 0.3) is 0 Å². The molecule has 3 nitrogen and oxygen atoms in total. The summed E-state index contributed by atoms with van der Waals surface area (Å²) >= 11 is 5.75. The molecule has 0 heterocycles. The van der Waals surface area contributed by atoms with Crippen LogP contribution in [0.2, 0.25) is 5.02 Å². The van der Waals surface area contributed by atoms with Crippen LogP contribution < -0.4 is 11.1 Å². The normalized spacial score (nSPS) is 23.4. The number of carbonyl (C=O) groups is 1. The quantitative estimate of drug-likeness (QED) is 0.783. The molecule has 0 radical (unpaired) electrons. The number of nitrogens with two attached hydrogens (primary N) is 1. The Kier molecular flexibility index (Phi) is 3.27. The molecule has 0 aliphatic heterocycles. The van der Waals surface area contributed by atoms with Gasteiger partial charge in [-0.3, -0.25) is 4.79 Å². The molecule has 4 heteroatoms. The van der Waals surface area contributed by atoms with Gasteiger partial charge in [0, 0.05) is 23.2 Å². The summed E-state index contributed by atoms with van der Waals surface area (Å²) in [5.41, 5.74) is 6.53. The first-order valence-corrected chi connectivity index (χ1v) is 5.52. The molecule has 1 aliphatic carbocycles. The van der Waals surface area contributed by atoms with Gasteiger partial charge in [-0.2, -0.15) is 0 Å². The van der Waals surface area contributed by atoms with Crippen molar-refractivity contribution in [2.45, 2.75) is 18.5 Å². The van der Waals surface area contributed by atoms with Crippen molar-refractivity contribution < 1.29 is 4.79 Å². The minimum atomic E-state index is -0.104. The lowest BCUT2D eigenvalue weighted by Crippen LogP contribution is -2.27. The van der Waals surface area contributed by atoms with E-state index in [2.05, 4.69) is 5.32 Å². The van der Waals surface area contributed by atoms with E-state index in [1.807, 2.05) is 12.1 Å². The molecule has 16 heavy (non-hydrogen) atoms.